The van der Waals surface area contributed by atoms with Crippen LogP contribution in [0.25, 0.3) is 0 Å². The summed E-state index contributed by atoms with van der Waals surface area (Å²) in [5, 5.41) is 0.262. The van der Waals surface area contributed by atoms with Crippen LogP contribution in [0.5, 0.6) is 0 Å². The highest BCUT2D eigenvalue weighted by molar-refractivity contribution is 6.74. The summed E-state index contributed by atoms with van der Waals surface area (Å²) in [6.07, 6.45) is 9.14. The predicted octanol–water partition coefficient (Wildman–Crippen LogP) is 7.34. The molecule has 0 aromatic heterocycles. The molecule has 1 aromatic rings. The van der Waals surface area contributed by atoms with Gasteiger partial charge in [-0.05, 0) is 36.5 Å². The summed E-state index contributed by atoms with van der Waals surface area (Å²) < 4.78 is 12.7. The maximum Gasteiger partial charge on any atom is 0.192 e. The highest BCUT2D eigenvalue weighted by Gasteiger charge is 2.38. The summed E-state index contributed by atoms with van der Waals surface area (Å²) in [4.78, 5) is 0. The minimum absolute atomic E-state index is 0.262. The van der Waals surface area contributed by atoms with Gasteiger partial charge in [-0.25, -0.2) is 0 Å². The second-order valence-electron chi connectivity index (χ2n) is 9.03. The minimum Gasteiger partial charge on any atom is -0.414 e. The van der Waals surface area contributed by atoms with Crippen molar-refractivity contribution in [1.29, 1.82) is 0 Å². The van der Waals surface area contributed by atoms with Gasteiger partial charge in [0.1, 0.15) is 0 Å². The Labute approximate surface area is 163 Å². The first kappa shape index (κ1) is 23.4. The minimum atomic E-state index is -1.72. The molecule has 150 valence electrons. The number of ether oxygens (including phenoxy) is 1. The first-order valence-corrected chi connectivity index (χ1v) is 13.5. The monoisotopic (exact) mass is 378 g/mol. The number of unbranched alkanes of at least 4 members (excludes halogenated alkanes) is 4. The zero-order valence-electron chi connectivity index (χ0n) is 18.1. The number of hydrogen-bond donors (Lipinski definition) is 0. The zero-order valence-corrected chi connectivity index (χ0v) is 19.1. The van der Waals surface area contributed by atoms with Crippen LogP contribution in [0.1, 0.15) is 78.2 Å². The van der Waals surface area contributed by atoms with Crippen LogP contribution in [0, 0.1) is 0 Å². The van der Waals surface area contributed by atoms with Crippen LogP contribution in [-0.4, -0.2) is 21.0 Å². The van der Waals surface area contributed by atoms with E-state index in [1.54, 1.807) is 0 Å². The molecular formula is C23H42O2Si. The third-order valence-corrected chi connectivity index (χ3v) is 10.1. The molecule has 2 nitrogen and oxygen atoms in total. The summed E-state index contributed by atoms with van der Waals surface area (Å²) in [7, 11) is -1.72. The van der Waals surface area contributed by atoms with Crippen LogP contribution in [0.3, 0.4) is 0 Å². The molecule has 1 atom stereocenters. The van der Waals surface area contributed by atoms with Crippen molar-refractivity contribution in [2.24, 2.45) is 0 Å². The summed E-state index contributed by atoms with van der Waals surface area (Å²) in [6.45, 7) is 15.4. The average Bonchev–Trinajstić information content (AvgIpc) is 2.58. The van der Waals surface area contributed by atoms with Gasteiger partial charge in [-0.15, -0.1) is 0 Å². The molecule has 0 radical (unpaired) electrons. The second kappa shape index (κ2) is 11.9. The number of hydrogen-bond acceptors (Lipinski definition) is 2. The van der Waals surface area contributed by atoms with E-state index in [9.17, 15) is 0 Å². The van der Waals surface area contributed by atoms with Crippen LogP contribution in [0.4, 0.5) is 0 Å². The van der Waals surface area contributed by atoms with E-state index in [0.717, 1.165) is 13.0 Å². The lowest BCUT2D eigenvalue weighted by atomic mass is 10.1. The molecular weight excluding hydrogens is 336 g/mol. The van der Waals surface area contributed by atoms with Gasteiger partial charge in [0.05, 0.1) is 6.61 Å². The molecule has 3 heteroatoms. The van der Waals surface area contributed by atoms with Crippen molar-refractivity contribution in [3.8, 4) is 0 Å². The Hall–Kier alpha value is -0.643. The van der Waals surface area contributed by atoms with Gasteiger partial charge in [-0.2, -0.15) is 0 Å². The molecule has 1 aromatic carbocycles. The van der Waals surface area contributed by atoms with Gasteiger partial charge in [0.25, 0.3) is 0 Å². The van der Waals surface area contributed by atoms with Crippen LogP contribution >= 0.6 is 0 Å². The first-order valence-electron chi connectivity index (χ1n) is 10.6. The molecule has 0 fully saturated rings. The Morgan fingerprint density at radius 3 is 2.19 bits per heavy atom. The van der Waals surface area contributed by atoms with E-state index in [4.69, 9.17) is 9.16 Å². The van der Waals surface area contributed by atoms with E-state index < -0.39 is 8.32 Å². The molecule has 0 bridgehead atoms. The fourth-order valence-corrected chi connectivity index (χ4v) is 4.23. The fourth-order valence-electron chi connectivity index (χ4n) is 2.81. The molecule has 0 N–H and O–H groups in total. The van der Waals surface area contributed by atoms with Crippen LogP contribution < -0.4 is 0 Å². The summed E-state index contributed by atoms with van der Waals surface area (Å²) in [5.74, 6) is 0. The van der Waals surface area contributed by atoms with Crippen LogP contribution in [-0.2, 0) is 15.8 Å². The van der Waals surface area contributed by atoms with Gasteiger partial charge in [-0.3, -0.25) is 0 Å². The lowest BCUT2D eigenvalue weighted by Crippen LogP contribution is -2.44. The van der Waals surface area contributed by atoms with Gasteiger partial charge in [0.15, 0.2) is 8.32 Å². The van der Waals surface area contributed by atoms with E-state index in [0.29, 0.717) is 12.7 Å². The maximum atomic E-state index is 6.72. The second-order valence-corrected chi connectivity index (χ2v) is 13.8. The van der Waals surface area contributed by atoms with E-state index in [1.165, 1.54) is 44.1 Å². The largest absolute Gasteiger partial charge is 0.414 e. The van der Waals surface area contributed by atoms with E-state index >= 15 is 0 Å². The average molecular weight is 379 g/mol. The van der Waals surface area contributed by atoms with Gasteiger partial charge in [0.2, 0.25) is 0 Å². The quantitative estimate of drug-likeness (QED) is 0.264. The van der Waals surface area contributed by atoms with Crippen LogP contribution in [0.2, 0.25) is 18.1 Å². The lowest BCUT2D eigenvalue weighted by molar-refractivity contribution is 0.0731. The highest BCUT2D eigenvalue weighted by Crippen LogP contribution is 2.38. The van der Waals surface area contributed by atoms with Gasteiger partial charge in [0, 0.05) is 12.7 Å². The van der Waals surface area contributed by atoms with E-state index in [1.807, 2.05) is 6.07 Å². The predicted molar refractivity (Wildman–Crippen MR) is 116 cm³/mol. The van der Waals surface area contributed by atoms with Gasteiger partial charge < -0.3 is 9.16 Å². The zero-order chi connectivity index (χ0) is 19.5. The van der Waals surface area contributed by atoms with Crippen molar-refractivity contribution in [3.63, 3.8) is 0 Å². The van der Waals surface area contributed by atoms with Crippen molar-refractivity contribution in [2.45, 2.75) is 103 Å². The third-order valence-electron chi connectivity index (χ3n) is 5.59. The Morgan fingerprint density at radius 2 is 1.58 bits per heavy atom. The molecule has 26 heavy (non-hydrogen) atoms. The maximum absolute atomic E-state index is 6.72. The smallest absolute Gasteiger partial charge is 0.192 e. The molecule has 0 unspecified atom stereocenters. The Kier molecular flexibility index (Phi) is 10.7. The summed E-state index contributed by atoms with van der Waals surface area (Å²) >= 11 is 0. The van der Waals surface area contributed by atoms with Crippen molar-refractivity contribution in [2.75, 3.05) is 6.61 Å². The molecule has 0 aliphatic carbocycles. The number of rotatable bonds is 13. The fraction of sp³-hybridized carbons (Fsp3) is 0.739. The molecule has 0 aliphatic heterocycles. The SMILES string of the molecule is CCCCCCC[C@H](CCOCc1ccccc1)O[Si](C)(C)C(C)(C)C. The Balaban J connectivity index is 2.45. The molecule has 0 saturated carbocycles. The van der Waals surface area contributed by atoms with Crippen molar-refractivity contribution >= 4 is 8.32 Å². The number of benzene rings is 1. The molecule has 0 spiro atoms. The van der Waals surface area contributed by atoms with Gasteiger partial charge in [-0.1, -0.05) is 90.1 Å². The third kappa shape index (κ3) is 9.34. The summed E-state index contributed by atoms with van der Waals surface area (Å²) in [6, 6.07) is 10.4. The van der Waals surface area contributed by atoms with Crippen molar-refractivity contribution in [1.82, 2.24) is 0 Å². The highest BCUT2D eigenvalue weighted by atomic mass is 28.4. The van der Waals surface area contributed by atoms with E-state index in [2.05, 4.69) is 65.1 Å². The summed E-state index contributed by atoms with van der Waals surface area (Å²) in [5.41, 5.74) is 1.24. The first-order chi connectivity index (χ1) is 12.3. The van der Waals surface area contributed by atoms with Crippen LogP contribution in [0.15, 0.2) is 30.3 Å². The molecule has 0 saturated heterocycles. The Morgan fingerprint density at radius 1 is 0.923 bits per heavy atom. The normalized spacial score (nSPS) is 13.8. The lowest BCUT2D eigenvalue weighted by Gasteiger charge is -2.39. The molecule has 0 heterocycles. The van der Waals surface area contributed by atoms with E-state index in [-0.39, 0.29) is 5.04 Å². The Bertz CT molecular complexity index is 465. The molecule has 0 amide bonds. The standard InChI is InChI=1S/C23H42O2Si/c1-7-8-9-10-14-17-22(25-26(5,6)23(2,3)4)18-19-24-20-21-15-12-11-13-16-21/h11-13,15-16,22H,7-10,14,17-20H2,1-6H3/t22-/m1/s1. The van der Waals surface area contributed by atoms with Crippen molar-refractivity contribution < 1.29 is 9.16 Å². The van der Waals surface area contributed by atoms with Crippen molar-refractivity contribution in [3.05, 3.63) is 35.9 Å². The molecule has 1 rings (SSSR count). The van der Waals surface area contributed by atoms with Gasteiger partial charge >= 0.3 is 0 Å². The topological polar surface area (TPSA) is 18.5 Å². The molecule has 0 aliphatic rings.